The van der Waals surface area contributed by atoms with Crippen LogP contribution in [0.1, 0.15) is 31.0 Å². The highest BCUT2D eigenvalue weighted by Crippen LogP contribution is 2.26. The van der Waals surface area contributed by atoms with E-state index in [1.165, 1.54) is 4.90 Å². The van der Waals surface area contributed by atoms with Crippen LogP contribution < -0.4 is 5.56 Å². The number of likely N-dealkylation sites (tertiary alicyclic amines) is 1. The van der Waals surface area contributed by atoms with E-state index in [1.807, 2.05) is 6.92 Å². The minimum atomic E-state index is -1.11. The first-order valence-corrected chi connectivity index (χ1v) is 6.81. The molecule has 1 aliphatic heterocycles. The Hall–Kier alpha value is -1.60. The molecule has 0 aliphatic carbocycles. The number of amides is 1. The molecule has 1 saturated heterocycles. The Morgan fingerprint density at radius 1 is 1.50 bits per heavy atom. The van der Waals surface area contributed by atoms with Gasteiger partial charge < -0.3 is 20.2 Å². The first-order chi connectivity index (χ1) is 9.37. The van der Waals surface area contributed by atoms with Gasteiger partial charge in [-0.25, -0.2) is 0 Å². The smallest absolute Gasteiger partial charge is 0.267 e. The molecule has 0 spiro atoms. The van der Waals surface area contributed by atoms with E-state index >= 15 is 0 Å². The lowest BCUT2D eigenvalue weighted by molar-refractivity contribution is -0.149. The average Bonchev–Trinajstić information content (AvgIpc) is 2.73. The lowest BCUT2D eigenvalue weighted by atomic mass is 9.86. The molecule has 2 heterocycles. The van der Waals surface area contributed by atoms with Crippen molar-refractivity contribution in [3.8, 4) is 0 Å². The van der Waals surface area contributed by atoms with Gasteiger partial charge in [-0.3, -0.25) is 14.7 Å². The van der Waals surface area contributed by atoms with Gasteiger partial charge in [-0.05, 0) is 19.8 Å². The van der Waals surface area contributed by atoms with Crippen molar-refractivity contribution < 1.29 is 15.0 Å². The van der Waals surface area contributed by atoms with Crippen molar-refractivity contribution in [2.24, 2.45) is 0 Å². The Balaban J connectivity index is 2.04. The zero-order valence-corrected chi connectivity index (χ0v) is 11.8. The molecule has 0 unspecified atom stereocenters. The zero-order valence-electron chi connectivity index (χ0n) is 11.8. The number of hydrogen-bond acceptors (Lipinski definition) is 4. The van der Waals surface area contributed by atoms with Gasteiger partial charge >= 0.3 is 0 Å². The molecular weight excluding hydrogens is 262 g/mol. The van der Waals surface area contributed by atoms with Crippen LogP contribution in [0.2, 0.25) is 0 Å². The maximum atomic E-state index is 12.2. The van der Waals surface area contributed by atoms with E-state index in [-0.39, 0.29) is 24.4 Å². The van der Waals surface area contributed by atoms with E-state index in [9.17, 15) is 19.8 Å². The number of rotatable bonds is 3. The van der Waals surface area contributed by atoms with E-state index in [0.717, 1.165) is 0 Å². The summed E-state index contributed by atoms with van der Waals surface area (Å²) in [4.78, 5) is 25.2. The van der Waals surface area contributed by atoms with Crippen molar-refractivity contribution >= 4 is 5.91 Å². The Bertz CT molecular complexity index is 550. The average molecular weight is 283 g/mol. The molecular formula is C13H21N3O4. The number of aromatic nitrogens is 2. The molecule has 1 aliphatic rings. The highest BCUT2D eigenvalue weighted by molar-refractivity contribution is 5.79. The topological polar surface area (TPSA) is 109 Å². The normalized spacial score (nSPS) is 26.8. The van der Waals surface area contributed by atoms with Crippen molar-refractivity contribution in [2.75, 3.05) is 13.1 Å². The lowest BCUT2D eigenvalue weighted by Gasteiger charge is -2.41. The maximum absolute atomic E-state index is 12.2. The van der Waals surface area contributed by atoms with E-state index in [1.54, 1.807) is 6.92 Å². The van der Waals surface area contributed by atoms with Gasteiger partial charge in [0.25, 0.3) is 5.56 Å². The van der Waals surface area contributed by atoms with E-state index < -0.39 is 11.7 Å². The highest BCUT2D eigenvalue weighted by Gasteiger charge is 2.40. The summed E-state index contributed by atoms with van der Waals surface area (Å²) in [5, 5.41) is 25.2. The molecule has 1 amide bonds. The highest BCUT2D eigenvalue weighted by atomic mass is 16.3. The molecule has 7 heteroatoms. The molecule has 2 atom stereocenters. The number of β-amino-alcohol motifs (C(OH)–C–C–N with tert-alkyl or cyclic N) is 1. The quantitative estimate of drug-likeness (QED) is 0.587. The Labute approximate surface area is 116 Å². The van der Waals surface area contributed by atoms with Crippen molar-refractivity contribution in [1.29, 1.82) is 0 Å². The van der Waals surface area contributed by atoms with Crippen LogP contribution in [-0.2, 0) is 11.2 Å². The van der Waals surface area contributed by atoms with Gasteiger partial charge in [-0.15, -0.1) is 0 Å². The number of aryl methyl sites for hydroxylation is 1. The zero-order chi connectivity index (χ0) is 14.9. The summed E-state index contributed by atoms with van der Waals surface area (Å²) in [6.07, 6.45) is -0.149. The summed E-state index contributed by atoms with van der Waals surface area (Å²) < 4.78 is 0. The molecule has 4 N–H and O–H groups in total. The van der Waals surface area contributed by atoms with Crippen LogP contribution in [0.25, 0.3) is 0 Å². The summed E-state index contributed by atoms with van der Waals surface area (Å²) in [7, 11) is 0. The molecule has 1 fully saturated rings. The molecule has 1 aromatic rings. The third-order valence-corrected chi connectivity index (χ3v) is 4.21. The molecule has 7 nitrogen and oxygen atoms in total. The Morgan fingerprint density at radius 2 is 2.20 bits per heavy atom. The number of hydrogen-bond donors (Lipinski definition) is 4. The lowest BCUT2D eigenvalue weighted by Crippen LogP contribution is -2.56. The second kappa shape index (κ2) is 5.41. The molecule has 2 rings (SSSR count). The van der Waals surface area contributed by atoms with Crippen molar-refractivity contribution in [1.82, 2.24) is 15.1 Å². The fourth-order valence-electron chi connectivity index (χ4n) is 2.55. The van der Waals surface area contributed by atoms with E-state index in [0.29, 0.717) is 30.6 Å². The predicted octanol–water partition coefficient (Wildman–Crippen LogP) is -0.712. The van der Waals surface area contributed by atoms with Gasteiger partial charge in [0.05, 0.1) is 12.0 Å². The number of carbonyl (C=O) groups excluding carboxylic acids is 1. The number of nitrogens with one attached hydrogen (secondary N) is 2. The third-order valence-electron chi connectivity index (χ3n) is 4.21. The molecule has 20 heavy (non-hydrogen) atoms. The van der Waals surface area contributed by atoms with Crippen LogP contribution in [0.4, 0.5) is 0 Å². The number of aliphatic hydroxyl groups excluding tert-OH is 1. The molecule has 1 aromatic heterocycles. The van der Waals surface area contributed by atoms with Gasteiger partial charge in [0, 0.05) is 24.3 Å². The molecule has 0 bridgehead atoms. The molecule has 0 aromatic carbocycles. The van der Waals surface area contributed by atoms with Gasteiger partial charge in [0.15, 0.2) is 0 Å². The van der Waals surface area contributed by atoms with Crippen LogP contribution >= 0.6 is 0 Å². The standard InChI is InChI=1S/C13H21N3O4/c1-3-13(20)4-5-16(7-10(13)17)11(18)6-9-8(2)14-15-12(9)19/h10,17,20H,3-7H2,1-2H3,(H2,14,15,19)/t10-,13-/m1/s1. The summed E-state index contributed by atoms with van der Waals surface area (Å²) >= 11 is 0. The fourth-order valence-corrected chi connectivity index (χ4v) is 2.55. The largest absolute Gasteiger partial charge is 0.388 e. The van der Waals surface area contributed by atoms with Gasteiger partial charge in [0.2, 0.25) is 5.91 Å². The number of H-pyrrole nitrogens is 2. The number of carbonyl (C=O) groups is 1. The van der Waals surface area contributed by atoms with Crippen molar-refractivity contribution in [3.05, 3.63) is 21.6 Å². The first kappa shape index (κ1) is 14.8. The number of aromatic amines is 2. The van der Waals surface area contributed by atoms with Crippen LogP contribution in [0.15, 0.2) is 4.79 Å². The molecule has 112 valence electrons. The van der Waals surface area contributed by atoms with Crippen molar-refractivity contribution in [2.45, 2.75) is 44.8 Å². The second-order valence-corrected chi connectivity index (χ2v) is 5.42. The van der Waals surface area contributed by atoms with Gasteiger partial charge in [-0.2, -0.15) is 0 Å². The third kappa shape index (κ3) is 2.64. The minimum absolute atomic E-state index is 0.00192. The van der Waals surface area contributed by atoms with E-state index in [2.05, 4.69) is 10.2 Å². The number of aliphatic hydroxyl groups is 2. The van der Waals surface area contributed by atoms with Gasteiger partial charge in [-0.1, -0.05) is 6.92 Å². The maximum Gasteiger partial charge on any atom is 0.267 e. The summed E-state index contributed by atoms with van der Waals surface area (Å²) in [6, 6.07) is 0. The van der Waals surface area contributed by atoms with Crippen LogP contribution in [0, 0.1) is 6.92 Å². The first-order valence-electron chi connectivity index (χ1n) is 6.81. The monoisotopic (exact) mass is 283 g/mol. The summed E-state index contributed by atoms with van der Waals surface area (Å²) in [5.74, 6) is -0.213. The van der Waals surface area contributed by atoms with Crippen LogP contribution in [-0.4, -0.2) is 56.0 Å². The Kier molecular flexibility index (Phi) is 4.01. The predicted molar refractivity (Wildman–Crippen MR) is 72.3 cm³/mol. The second-order valence-electron chi connectivity index (χ2n) is 5.42. The number of nitrogens with zero attached hydrogens (tertiary/aromatic N) is 1. The SMILES string of the molecule is CC[C@@]1(O)CCN(C(=O)Cc2c(C)[nH][nH]c2=O)C[C@H]1O. The van der Waals surface area contributed by atoms with Crippen LogP contribution in [0.3, 0.4) is 0 Å². The van der Waals surface area contributed by atoms with Crippen molar-refractivity contribution in [3.63, 3.8) is 0 Å². The van der Waals surface area contributed by atoms with Crippen LogP contribution in [0.5, 0.6) is 0 Å². The number of piperidine rings is 1. The van der Waals surface area contributed by atoms with Gasteiger partial charge in [0.1, 0.15) is 6.10 Å². The minimum Gasteiger partial charge on any atom is -0.388 e. The summed E-state index contributed by atoms with van der Waals surface area (Å²) in [6.45, 7) is 4.02. The summed E-state index contributed by atoms with van der Waals surface area (Å²) in [5.41, 5.74) is -0.344. The molecule has 0 saturated carbocycles. The van der Waals surface area contributed by atoms with E-state index in [4.69, 9.17) is 0 Å². The Morgan fingerprint density at radius 3 is 2.70 bits per heavy atom. The molecule has 0 radical (unpaired) electrons. The fraction of sp³-hybridized carbons (Fsp3) is 0.692.